The second-order valence-electron chi connectivity index (χ2n) is 7.10. The molecule has 3 rings (SSSR count). The number of likely N-dealkylation sites (N-methyl/N-ethyl adjacent to an activating group) is 1. The Morgan fingerprint density at radius 1 is 1.16 bits per heavy atom. The number of hydrogen-bond donors (Lipinski definition) is 0. The summed E-state index contributed by atoms with van der Waals surface area (Å²) in [6, 6.07) is 12.4. The normalized spacial score (nSPS) is 16.5. The van der Waals surface area contributed by atoms with Crippen molar-refractivity contribution in [3.05, 3.63) is 71.2 Å². The fourth-order valence-electron chi connectivity index (χ4n) is 3.55. The predicted octanol–water partition coefficient (Wildman–Crippen LogP) is 0.476. The molecular weight excluding hydrogens is 332 g/mol. The summed E-state index contributed by atoms with van der Waals surface area (Å²) in [7, 11) is 2.04. The largest absolute Gasteiger partial charge is 1.00 e. The zero-order valence-electron chi connectivity index (χ0n) is 15.5. The van der Waals surface area contributed by atoms with Gasteiger partial charge in [-0.1, -0.05) is 32.0 Å². The Morgan fingerprint density at radius 3 is 2.52 bits per heavy atom. The van der Waals surface area contributed by atoms with Crippen LogP contribution in [0.2, 0.25) is 0 Å². The lowest BCUT2D eigenvalue weighted by Gasteiger charge is -2.23. The lowest BCUT2D eigenvalue weighted by atomic mass is 9.83. The van der Waals surface area contributed by atoms with E-state index in [2.05, 4.69) is 56.9 Å². The van der Waals surface area contributed by atoms with Gasteiger partial charge in [-0.15, -0.1) is 0 Å². The highest BCUT2D eigenvalue weighted by molar-refractivity contribution is 5.91. The second kappa shape index (κ2) is 7.01. The van der Waals surface area contributed by atoms with Crippen LogP contribution < -0.4 is 21.9 Å². The summed E-state index contributed by atoms with van der Waals surface area (Å²) in [6.45, 7) is 8.85. The Labute approximate surface area is 156 Å². The molecule has 0 N–H and O–H groups in total. The number of ketones is 1. The van der Waals surface area contributed by atoms with Crippen molar-refractivity contribution in [1.29, 1.82) is 0 Å². The molecule has 1 aromatic heterocycles. The number of aryl methyl sites for hydroxylation is 1. The predicted molar refractivity (Wildman–Crippen MR) is 97.1 cm³/mol. The number of nitrogens with zero attached hydrogens (tertiary/aromatic N) is 2. The van der Waals surface area contributed by atoms with Crippen LogP contribution in [0, 0.1) is 13.8 Å². The van der Waals surface area contributed by atoms with E-state index in [1.165, 1.54) is 16.8 Å². The number of carbonyl (C=O) groups excluding carboxylic acids is 1. The minimum absolute atomic E-state index is 0. The average molecular weight is 357 g/mol. The Balaban J connectivity index is 0.00000225. The summed E-state index contributed by atoms with van der Waals surface area (Å²) in [6.07, 6.45) is 3.78. The van der Waals surface area contributed by atoms with Crippen molar-refractivity contribution in [2.24, 2.45) is 0 Å². The van der Waals surface area contributed by atoms with Gasteiger partial charge in [0.1, 0.15) is 0 Å². The maximum Gasteiger partial charge on any atom is 0.222 e. The van der Waals surface area contributed by atoms with E-state index in [9.17, 15) is 4.79 Å². The molecule has 132 valence electrons. The van der Waals surface area contributed by atoms with Crippen LogP contribution in [-0.4, -0.2) is 12.8 Å². The minimum Gasteiger partial charge on any atom is -1.00 e. The van der Waals surface area contributed by atoms with Gasteiger partial charge >= 0.3 is 0 Å². The molecule has 25 heavy (non-hydrogen) atoms. The summed E-state index contributed by atoms with van der Waals surface area (Å²) >= 11 is 0. The fourth-order valence-corrected chi connectivity index (χ4v) is 3.55. The Kier molecular flexibility index (Phi) is 5.38. The summed E-state index contributed by atoms with van der Waals surface area (Å²) in [5, 5.41) is 0. The Bertz CT molecular complexity index is 840. The molecule has 3 nitrogen and oxygen atoms in total. The zero-order valence-corrected chi connectivity index (χ0v) is 16.3. The topological polar surface area (TPSA) is 24.2 Å². The fraction of sp³-hybridized carbons (Fsp3) is 0.333. The van der Waals surface area contributed by atoms with Gasteiger partial charge in [0.05, 0.1) is 0 Å². The van der Waals surface area contributed by atoms with Crippen LogP contribution >= 0.6 is 0 Å². The summed E-state index contributed by atoms with van der Waals surface area (Å²) in [5.41, 5.74) is 5.68. The molecule has 0 atom stereocenters. The first-order valence-corrected chi connectivity index (χ1v) is 8.36. The first kappa shape index (κ1) is 19.2. The van der Waals surface area contributed by atoms with Crippen LogP contribution in [0.5, 0.6) is 0 Å². The van der Waals surface area contributed by atoms with Gasteiger partial charge in [-0.25, -0.2) is 0 Å². The number of carbonyl (C=O) groups is 1. The molecule has 0 unspecified atom stereocenters. The molecule has 1 aromatic carbocycles. The molecular formula is C21H25ClN2O. The van der Waals surface area contributed by atoms with Gasteiger partial charge in [-0.3, -0.25) is 4.79 Å². The van der Waals surface area contributed by atoms with Crippen LogP contribution in [0.1, 0.15) is 30.7 Å². The molecule has 1 aliphatic rings. The summed E-state index contributed by atoms with van der Waals surface area (Å²) < 4.78 is 2.02. The molecule has 0 aliphatic carbocycles. The Hall–Kier alpha value is -2.13. The van der Waals surface area contributed by atoms with Crippen LogP contribution in [0.15, 0.2) is 54.4 Å². The Morgan fingerprint density at radius 2 is 1.84 bits per heavy atom. The highest BCUT2D eigenvalue weighted by Crippen LogP contribution is 2.46. The van der Waals surface area contributed by atoms with E-state index in [1.54, 1.807) is 0 Å². The number of allylic oxidation sites excluding steroid dienone is 2. The molecule has 0 saturated carbocycles. The molecule has 2 heterocycles. The van der Waals surface area contributed by atoms with E-state index in [0.29, 0.717) is 6.54 Å². The van der Waals surface area contributed by atoms with Crippen molar-refractivity contribution in [2.45, 2.75) is 39.7 Å². The van der Waals surface area contributed by atoms with Gasteiger partial charge in [0, 0.05) is 48.5 Å². The number of fused-ring (bicyclic) bond motifs is 1. The van der Waals surface area contributed by atoms with Gasteiger partial charge in [0.25, 0.3) is 0 Å². The molecule has 0 saturated heterocycles. The lowest BCUT2D eigenvalue weighted by Crippen LogP contribution is -3.00. The van der Waals surface area contributed by atoms with E-state index in [-0.39, 0.29) is 23.6 Å². The average Bonchev–Trinajstić information content (AvgIpc) is 2.73. The molecule has 0 amide bonds. The van der Waals surface area contributed by atoms with Gasteiger partial charge < -0.3 is 17.3 Å². The number of para-hydroxylation sites is 1. The molecule has 0 fully saturated rings. The van der Waals surface area contributed by atoms with Crippen molar-refractivity contribution < 1.29 is 21.8 Å². The van der Waals surface area contributed by atoms with Gasteiger partial charge in [-0.05, 0) is 24.6 Å². The number of anilines is 1. The maximum absolute atomic E-state index is 12.7. The van der Waals surface area contributed by atoms with Crippen molar-refractivity contribution >= 4 is 11.5 Å². The highest BCUT2D eigenvalue weighted by Gasteiger charge is 2.38. The summed E-state index contributed by atoms with van der Waals surface area (Å²) in [5.74, 6) is 0.122. The molecule has 0 bridgehead atoms. The van der Waals surface area contributed by atoms with Crippen LogP contribution in [0.4, 0.5) is 5.69 Å². The van der Waals surface area contributed by atoms with Gasteiger partial charge in [0.2, 0.25) is 12.3 Å². The molecule has 0 spiro atoms. The third-order valence-corrected chi connectivity index (χ3v) is 5.18. The number of rotatable bonds is 3. The SMILES string of the molecule is Cc1ccc[n+](CC(=O)/C=C2\N(C)c3ccccc3C2(C)C)c1C.[Cl-]. The second-order valence-corrected chi connectivity index (χ2v) is 7.10. The van der Waals surface area contributed by atoms with E-state index in [0.717, 1.165) is 11.4 Å². The minimum atomic E-state index is -0.159. The van der Waals surface area contributed by atoms with E-state index >= 15 is 0 Å². The quantitative estimate of drug-likeness (QED) is 0.590. The highest BCUT2D eigenvalue weighted by atomic mass is 35.5. The first-order valence-electron chi connectivity index (χ1n) is 8.36. The lowest BCUT2D eigenvalue weighted by molar-refractivity contribution is -0.690. The summed E-state index contributed by atoms with van der Waals surface area (Å²) in [4.78, 5) is 14.8. The van der Waals surface area contributed by atoms with E-state index < -0.39 is 0 Å². The van der Waals surface area contributed by atoms with Crippen LogP contribution in [-0.2, 0) is 16.8 Å². The van der Waals surface area contributed by atoms with Crippen molar-refractivity contribution in [3.8, 4) is 0 Å². The number of pyridine rings is 1. The van der Waals surface area contributed by atoms with Crippen molar-refractivity contribution in [1.82, 2.24) is 0 Å². The smallest absolute Gasteiger partial charge is 0.222 e. The van der Waals surface area contributed by atoms with Crippen molar-refractivity contribution in [3.63, 3.8) is 0 Å². The van der Waals surface area contributed by atoms with Crippen LogP contribution in [0.3, 0.4) is 0 Å². The first-order chi connectivity index (χ1) is 11.3. The standard InChI is InChI=1S/C21H25N2O.ClH/c1-15-9-8-12-23(16(15)2)14-17(24)13-20-21(3,4)18-10-6-7-11-19(18)22(20)5;/h6-13H,14H2,1-5H3;1H/q+1;/p-1/b20-13-;. The van der Waals surface area contributed by atoms with Crippen LogP contribution in [0.25, 0.3) is 0 Å². The third kappa shape index (κ3) is 3.34. The maximum atomic E-state index is 12.7. The number of aromatic nitrogens is 1. The van der Waals surface area contributed by atoms with E-state index in [4.69, 9.17) is 0 Å². The zero-order chi connectivity index (χ0) is 17.5. The third-order valence-electron chi connectivity index (χ3n) is 5.18. The number of halogens is 1. The monoisotopic (exact) mass is 356 g/mol. The van der Waals surface area contributed by atoms with E-state index in [1.807, 2.05) is 36.0 Å². The molecule has 4 heteroatoms. The van der Waals surface area contributed by atoms with Crippen molar-refractivity contribution in [2.75, 3.05) is 11.9 Å². The molecule has 2 aromatic rings. The molecule has 0 radical (unpaired) electrons. The number of hydrogen-bond acceptors (Lipinski definition) is 2. The number of benzene rings is 1. The molecule has 1 aliphatic heterocycles. The van der Waals surface area contributed by atoms with Gasteiger partial charge in [0.15, 0.2) is 11.9 Å². The van der Waals surface area contributed by atoms with Gasteiger partial charge in [-0.2, -0.15) is 4.57 Å².